The van der Waals surface area contributed by atoms with Crippen LogP contribution in [0.5, 0.6) is 5.75 Å². The molecule has 0 saturated heterocycles. The lowest BCUT2D eigenvalue weighted by Crippen LogP contribution is -2.11. The molecule has 3 heteroatoms. The average Bonchev–Trinajstić information content (AvgIpc) is 1.98. The van der Waals surface area contributed by atoms with E-state index in [1.165, 1.54) is 0 Å². The molecule has 0 atom stereocenters. The summed E-state index contributed by atoms with van der Waals surface area (Å²) in [6, 6.07) is 3.74. The van der Waals surface area contributed by atoms with Gasteiger partial charge in [-0.2, -0.15) is 5.06 Å². The van der Waals surface area contributed by atoms with E-state index >= 15 is 0 Å². The Bertz CT molecular complexity index is 285. The quantitative estimate of drug-likeness (QED) is 0.684. The zero-order valence-electron chi connectivity index (χ0n) is 8.20. The predicted molar refractivity (Wildman–Crippen MR) is 50.8 cm³/mol. The Morgan fingerprint density at radius 2 is 1.69 bits per heavy atom. The number of rotatable bonds is 2. The van der Waals surface area contributed by atoms with Gasteiger partial charge in [-0.05, 0) is 30.5 Å². The van der Waals surface area contributed by atoms with Crippen molar-refractivity contribution in [3.8, 4) is 5.75 Å². The summed E-state index contributed by atoms with van der Waals surface area (Å²) < 4.78 is 0. The van der Waals surface area contributed by atoms with Crippen molar-refractivity contribution < 1.29 is 10.3 Å². The number of hydrogen-bond acceptors (Lipinski definition) is 3. The first-order valence-corrected chi connectivity index (χ1v) is 4.20. The highest BCUT2D eigenvalue weighted by atomic mass is 16.5. The van der Waals surface area contributed by atoms with Crippen molar-refractivity contribution in [2.75, 3.05) is 7.05 Å². The number of phenols is 1. The zero-order valence-corrected chi connectivity index (χ0v) is 8.20. The van der Waals surface area contributed by atoms with Crippen molar-refractivity contribution in [2.45, 2.75) is 20.4 Å². The Morgan fingerprint density at radius 3 is 2.08 bits per heavy atom. The van der Waals surface area contributed by atoms with Gasteiger partial charge in [0.15, 0.2) is 0 Å². The van der Waals surface area contributed by atoms with Crippen LogP contribution in [-0.4, -0.2) is 22.4 Å². The van der Waals surface area contributed by atoms with E-state index in [0.29, 0.717) is 12.3 Å². The first-order valence-electron chi connectivity index (χ1n) is 4.20. The SMILES string of the molecule is Cc1cc(CN(C)O)cc(C)c1O. The van der Waals surface area contributed by atoms with Crippen molar-refractivity contribution in [3.63, 3.8) is 0 Å². The monoisotopic (exact) mass is 181 g/mol. The fourth-order valence-electron chi connectivity index (χ4n) is 1.40. The Labute approximate surface area is 78.2 Å². The molecule has 2 N–H and O–H groups in total. The summed E-state index contributed by atoms with van der Waals surface area (Å²) in [5, 5.41) is 19.6. The first kappa shape index (κ1) is 10.0. The van der Waals surface area contributed by atoms with Crippen LogP contribution in [0.3, 0.4) is 0 Å². The van der Waals surface area contributed by atoms with Crippen molar-refractivity contribution in [1.82, 2.24) is 5.06 Å². The van der Waals surface area contributed by atoms with Gasteiger partial charge < -0.3 is 10.3 Å². The fourth-order valence-corrected chi connectivity index (χ4v) is 1.40. The summed E-state index contributed by atoms with van der Waals surface area (Å²) >= 11 is 0. The predicted octanol–water partition coefficient (Wildman–Crippen LogP) is 1.83. The van der Waals surface area contributed by atoms with Gasteiger partial charge in [0.25, 0.3) is 0 Å². The van der Waals surface area contributed by atoms with Gasteiger partial charge in [-0.1, -0.05) is 12.1 Å². The Morgan fingerprint density at radius 1 is 1.23 bits per heavy atom. The van der Waals surface area contributed by atoms with Crippen LogP contribution in [0.1, 0.15) is 16.7 Å². The lowest BCUT2D eigenvalue weighted by molar-refractivity contribution is -0.0731. The molecule has 0 saturated carbocycles. The van der Waals surface area contributed by atoms with Crippen LogP contribution in [0.4, 0.5) is 0 Å². The molecule has 72 valence electrons. The maximum absolute atomic E-state index is 9.49. The minimum absolute atomic E-state index is 0.337. The summed E-state index contributed by atoms with van der Waals surface area (Å²) in [4.78, 5) is 0. The number of hydrogen-bond donors (Lipinski definition) is 2. The zero-order chi connectivity index (χ0) is 10.0. The van der Waals surface area contributed by atoms with Gasteiger partial charge in [0.2, 0.25) is 0 Å². The highest BCUT2D eigenvalue weighted by molar-refractivity contribution is 5.41. The Hall–Kier alpha value is -1.06. The van der Waals surface area contributed by atoms with Crippen LogP contribution in [0.2, 0.25) is 0 Å². The molecular formula is C10H15NO2. The third-order valence-corrected chi connectivity index (χ3v) is 1.96. The molecule has 0 spiro atoms. The maximum atomic E-state index is 9.49. The van der Waals surface area contributed by atoms with Crippen LogP contribution in [0, 0.1) is 13.8 Å². The highest BCUT2D eigenvalue weighted by Crippen LogP contribution is 2.23. The van der Waals surface area contributed by atoms with Gasteiger partial charge in [0, 0.05) is 13.6 Å². The molecular weight excluding hydrogens is 166 g/mol. The van der Waals surface area contributed by atoms with Crippen LogP contribution >= 0.6 is 0 Å². The molecule has 0 radical (unpaired) electrons. The molecule has 13 heavy (non-hydrogen) atoms. The van der Waals surface area contributed by atoms with E-state index in [9.17, 15) is 5.11 Å². The number of hydroxylamine groups is 2. The molecule has 0 aliphatic heterocycles. The fraction of sp³-hybridized carbons (Fsp3) is 0.400. The molecule has 0 unspecified atom stereocenters. The van der Waals surface area contributed by atoms with E-state index in [2.05, 4.69) is 0 Å². The van der Waals surface area contributed by atoms with Gasteiger partial charge in [0.05, 0.1) is 0 Å². The molecule has 0 amide bonds. The third kappa shape index (κ3) is 2.44. The highest BCUT2D eigenvalue weighted by Gasteiger charge is 2.04. The molecule has 0 heterocycles. The molecule has 0 fully saturated rings. The van der Waals surface area contributed by atoms with E-state index in [-0.39, 0.29) is 0 Å². The van der Waals surface area contributed by atoms with Gasteiger partial charge >= 0.3 is 0 Å². The molecule has 0 aromatic heterocycles. The van der Waals surface area contributed by atoms with Crippen molar-refractivity contribution in [2.24, 2.45) is 0 Å². The van der Waals surface area contributed by atoms with E-state index in [0.717, 1.165) is 21.8 Å². The van der Waals surface area contributed by atoms with E-state index in [1.54, 1.807) is 7.05 Å². The second-order valence-corrected chi connectivity index (χ2v) is 3.39. The van der Waals surface area contributed by atoms with E-state index in [4.69, 9.17) is 5.21 Å². The number of benzene rings is 1. The lowest BCUT2D eigenvalue weighted by Gasteiger charge is -2.11. The van der Waals surface area contributed by atoms with Crippen LogP contribution < -0.4 is 0 Å². The summed E-state index contributed by atoms with van der Waals surface area (Å²) in [7, 11) is 1.59. The number of aromatic hydroxyl groups is 1. The second-order valence-electron chi connectivity index (χ2n) is 3.39. The molecule has 1 aromatic carbocycles. The number of phenolic OH excluding ortho intramolecular Hbond substituents is 1. The third-order valence-electron chi connectivity index (χ3n) is 1.96. The topological polar surface area (TPSA) is 43.7 Å². The largest absolute Gasteiger partial charge is 0.507 e. The number of aryl methyl sites for hydroxylation is 2. The maximum Gasteiger partial charge on any atom is 0.121 e. The first-order chi connectivity index (χ1) is 6.00. The Kier molecular flexibility index (Phi) is 2.90. The molecule has 0 aliphatic rings. The molecule has 1 aromatic rings. The van der Waals surface area contributed by atoms with Crippen molar-refractivity contribution >= 4 is 0 Å². The molecule has 0 bridgehead atoms. The molecule has 3 nitrogen and oxygen atoms in total. The van der Waals surface area contributed by atoms with Crippen molar-refractivity contribution in [3.05, 3.63) is 28.8 Å². The second kappa shape index (κ2) is 3.77. The lowest BCUT2D eigenvalue weighted by atomic mass is 10.1. The van der Waals surface area contributed by atoms with Gasteiger partial charge in [-0.3, -0.25) is 0 Å². The molecule has 1 rings (SSSR count). The van der Waals surface area contributed by atoms with E-state index < -0.39 is 0 Å². The smallest absolute Gasteiger partial charge is 0.121 e. The van der Waals surface area contributed by atoms with E-state index in [1.807, 2.05) is 26.0 Å². The van der Waals surface area contributed by atoms with Crippen LogP contribution in [-0.2, 0) is 6.54 Å². The van der Waals surface area contributed by atoms with Gasteiger partial charge in [0.1, 0.15) is 5.75 Å². The summed E-state index contributed by atoms with van der Waals surface area (Å²) in [5.74, 6) is 0.337. The summed E-state index contributed by atoms with van der Waals surface area (Å²) in [5.41, 5.74) is 2.69. The van der Waals surface area contributed by atoms with Crippen molar-refractivity contribution in [1.29, 1.82) is 0 Å². The normalized spacial score (nSPS) is 10.8. The van der Waals surface area contributed by atoms with Gasteiger partial charge in [-0.25, -0.2) is 0 Å². The molecule has 0 aliphatic carbocycles. The Balaban J connectivity index is 2.99. The average molecular weight is 181 g/mol. The van der Waals surface area contributed by atoms with Crippen LogP contribution in [0.15, 0.2) is 12.1 Å². The summed E-state index contributed by atoms with van der Waals surface area (Å²) in [6.07, 6.45) is 0. The van der Waals surface area contributed by atoms with Gasteiger partial charge in [-0.15, -0.1) is 0 Å². The minimum atomic E-state index is 0.337. The number of nitrogens with zero attached hydrogens (tertiary/aromatic N) is 1. The standard InChI is InChI=1S/C10H15NO2/c1-7-4-9(6-11(3)13)5-8(2)10(7)12/h4-5,12-13H,6H2,1-3H3. The summed E-state index contributed by atoms with van der Waals surface area (Å²) in [6.45, 7) is 4.17. The van der Waals surface area contributed by atoms with Crippen LogP contribution in [0.25, 0.3) is 0 Å². The minimum Gasteiger partial charge on any atom is -0.507 e.